The molecule has 1 N–H and O–H groups in total. The number of ether oxygens (including phenoxy) is 2. The molecule has 0 aromatic heterocycles. The van der Waals surface area contributed by atoms with Crippen LogP contribution in [0, 0.1) is 0 Å². The van der Waals surface area contributed by atoms with Crippen molar-refractivity contribution in [2.45, 2.75) is 49.8 Å². The molecule has 3 heteroatoms. The SMILES string of the molecule is C1CC2(C1)CC(NC1COC1)CCO2. The van der Waals surface area contributed by atoms with Gasteiger partial charge in [0.2, 0.25) is 0 Å². The molecule has 2 heterocycles. The Bertz CT molecular complexity index is 211. The molecule has 3 aliphatic rings. The first kappa shape index (κ1) is 9.13. The second-order valence-corrected chi connectivity index (χ2v) is 4.98. The summed E-state index contributed by atoms with van der Waals surface area (Å²) in [6.07, 6.45) is 6.33. The van der Waals surface area contributed by atoms with Gasteiger partial charge in [0.1, 0.15) is 0 Å². The zero-order chi connectivity index (χ0) is 9.43. The van der Waals surface area contributed by atoms with Gasteiger partial charge in [-0.25, -0.2) is 0 Å². The highest BCUT2D eigenvalue weighted by Crippen LogP contribution is 2.42. The molecular formula is C11H19NO2. The average Bonchev–Trinajstić information content (AvgIpc) is 2.10. The largest absolute Gasteiger partial charge is 0.378 e. The summed E-state index contributed by atoms with van der Waals surface area (Å²) in [6.45, 7) is 2.76. The lowest BCUT2D eigenvalue weighted by atomic mass is 9.74. The van der Waals surface area contributed by atoms with Gasteiger partial charge in [-0.05, 0) is 32.1 Å². The summed E-state index contributed by atoms with van der Waals surface area (Å²) in [5.74, 6) is 0. The maximum atomic E-state index is 5.89. The third-order valence-electron chi connectivity index (χ3n) is 3.87. The van der Waals surface area contributed by atoms with Crippen LogP contribution >= 0.6 is 0 Å². The van der Waals surface area contributed by atoms with Gasteiger partial charge in [-0.2, -0.15) is 0 Å². The Hall–Kier alpha value is -0.120. The van der Waals surface area contributed by atoms with Crippen molar-refractivity contribution in [2.24, 2.45) is 0 Å². The second-order valence-electron chi connectivity index (χ2n) is 4.98. The number of nitrogens with one attached hydrogen (secondary N) is 1. The first-order chi connectivity index (χ1) is 6.86. The van der Waals surface area contributed by atoms with E-state index in [0.717, 1.165) is 19.8 Å². The van der Waals surface area contributed by atoms with Crippen LogP contribution in [0.1, 0.15) is 32.1 Å². The predicted molar refractivity (Wildman–Crippen MR) is 53.3 cm³/mol. The van der Waals surface area contributed by atoms with Crippen LogP contribution in [0.4, 0.5) is 0 Å². The molecule has 2 saturated heterocycles. The number of hydrogen-bond donors (Lipinski definition) is 1. The van der Waals surface area contributed by atoms with Crippen LogP contribution in [0.3, 0.4) is 0 Å². The lowest BCUT2D eigenvalue weighted by Crippen LogP contribution is -2.56. The minimum Gasteiger partial charge on any atom is -0.378 e. The zero-order valence-electron chi connectivity index (χ0n) is 8.63. The standard InChI is InChI=1S/C11H19NO2/c1-3-11(4-1)6-9(2-5-14-11)12-10-7-13-8-10/h9-10,12H,1-8H2. The van der Waals surface area contributed by atoms with E-state index in [2.05, 4.69) is 5.32 Å². The molecular weight excluding hydrogens is 178 g/mol. The van der Waals surface area contributed by atoms with Gasteiger partial charge in [0.25, 0.3) is 0 Å². The Balaban J connectivity index is 1.53. The van der Waals surface area contributed by atoms with Gasteiger partial charge in [0.15, 0.2) is 0 Å². The number of rotatable bonds is 2. The number of hydrogen-bond acceptors (Lipinski definition) is 3. The molecule has 0 aromatic carbocycles. The van der Waals surface area contributed by atoms with Crippen molar-refractivity contribution in [2.75, 3.05) is 19.8 Å². The third kappa shape index (κ3) is 1.58. The smallest absolute Gasteiger partial charge is 0.0697 e. The Morgan fingerprint density at radius 3 is 2.57 bits per heavy atom. The summed E-state index contributed by atoms with van der Waals surface area (Å²) in [5, 5.41) is 3.67. The van der Waals surface area contributed by atoms with E-state index >= 15 is 0 Å². The summed E-state index contributed by atoms with van der Waals surface area (Å²) in [4.78, 5) is 0. The molecule has 1 aliphatic carbocycles. The van der Waals surface area contributed by atoms with Gasteiger partial charge in [0, 0.05) is 12.6 Å². The van der Waals surface area contributed by atoms with E-state index in [-0.39, 0.29) is 5.60 Å². The average molecular weight is 197 g/mol. The Labute approximate surface area is 85.1 Å². The van der Waals surface area contributed by atoms with Crippen molar-refractivity contribution in [3.05, 3.63) is 0 Å². The van der Waals surface area contributed by atoms with Crippen LogP contribution in [0.15, 0.2) is 0 Å². The minimum absolute atomic E-state index is 0.278. The highest BCUT2D eigenvalue weighted by molar-refractivity contribution is 4.97. The molecule has 3 rings (SSSR count). The topological polar surface area (TPSA) is 30.5 Å². The fourth-order valence-corrected chi connectivity index (χ4v) is 2.75. The third-order valence-corrected chi connectivity index (χ3v) is 3.87. The second kappa shape index (κ2) is 3.47. The molecule has 1 spiro atoms. The van der Waals surface area contributed by atoms with E-state index in [1.165, 1.54) is 32.1 Å². The summed E-state index contributed by atoms with van der Waals surface area (Å²) >= 11 is 0. The van der Waals surface area contributed by atoms with Crippen molar-refractivity contribution < 1.29 is 9.47 Å². The summed E-state index contributed by atoms with van der Waals surface area (Å²) in [5.41, 5.74) is 0.278. The van der Waals surface area contributed by atoms with Crippen LogP contribution < -0.4 is 5.32 Å². The van der Waals surface area contributed by atoms with Gasteiger partial charge >= 0.3 is 0 Å². The minimum atomic E-state index is 0.278. The lowest BCUT2D eigenvalue weighted by molar-refractivity contribution is -0.140. The monoisotopic (exact) mass is 197 g/mol. The van der Waals surface area contributed by atoms with Crippen LogP contribution in [0.25, 0.3) is 0 Å². The molecule has 2 aliphatic heterocycles. The molecule has 3 fully saturated rings. The maximum Gasteiger partial charge on any atom is 0.0697 e. The molecule has 0 bridgehead atoms. The van der Waals surface area contributed by atoms with Crippen molar-refractivity contribution in [1.29, 1.82) is 0 Å². The highest BCUT2D eigenvalue weighted by atomic mass is 16.5. The van der Waals surface area contributed by atoms with E-state index in [1.807, 2.05) is 0 Å². The summed E-state index contributed by atoms with van der Waals surface area (Å²) in [7, 11) is 0. The Kier molecular flexibility index (Phi) is 2.26. The molecule has 0 amide bonds. The van der Waals surface area contributed by atoms with Gasteiger partial charge < -0.3 is 14.8 Å². The fourth-order valence-electron chi connectivity index (χ4n) is 2.75. The van der Waals surface area contributed by atoms with Crippen LogP contribution in [-0.2, 0) is 9.47 Å². The molecule has 3 nitrogen and oxygen atoms in total. The van der Waals surface area contributed by atoms with Gasteiger partial charge in [0.05, 0.1) is 24.9 Å². The maximum absolute atomic E-state index is 5.89. The highest BCUT2D eigenvalue weighted by Gasteiger charge is 2.43. The van der Waals surface area contributed by atoms with Gasteiger partial charge in [-0.1, -0.05) is 0 Å². The van der Waals surface area contributed by atoms with Crippen molar-refractivity contribution in [1.82, 2.24) is 5.32 Å². The van der Waals surface area contributed by atoms with Gasteiger partial charge in [-0.3, -0.25) is 0 Å². The van der Waals surface area contributed by atoms with Gasteiger partial charge in [-0.15, -0.1) is 0 Å². The van der Waals surface area contributed by atoms with Crippen molar-refractivity contribution in [3.8, 4) is 0 Å². The first-order valence-electron chi connectivity index (χ1n) is 5.84. The molecule has 14 heavy (non-hydrogen) atoms. The lowest BCUT2D eigenvalue weighted by Gasteiger charge is -2.48. The first-order valence-corrected chi connectivity index (χ1v) is 5.84. The van der Waals surface area contributed by atoms with Crippen LogP contribution in [0.2, 0.25) is 0 Å². The van der Waals surface area contributed by atoms with Crippen LogP contribution in [-0.4, -0.2) is 37.5 Å². The Morgan fingerprint density at radius 1 is 1.14 bits per heavy atom. The Morgan fingerprint density at radius 2 is 2.00 bits per heavy atom. The van der Waals surface area contributed by atoms with E-state index < -0.39 is 0 Å². The molecule has 80 valence electrons. The van der Waals surface area contributed by atoms with Crippen molar-refractivity contribution >= 4 is 0 Å². The van der Waals surface area contributed by atoms with Crippen LogP contribution in [0.5, 0.6) is 0 Å². The summed E-state index contributed by atoms with van der Waals surface area (Å²) in [6, 6.07) is 1.30. The fraction of sp³-hybridized carbons (Fsp3) is 1.00. The molecule has 0 aromatic rings. The molecule has 1 atom stereocenters. The molecule has 1 saturated carbocycles. The quantitative estimate of drug-likeness (QED) is 0.718. The van der Waals surface area contributed by atoms with E-state index in [4.69, 9.17) is 9.47 Å². The van der Waals surface area contributed by atoms with E-state index in [9.17, 15) is 0 Å². The van der Waals surface area contributed by atoms with E-state index in [0.29, 0.717) is 12.1 Å². The normalized spacial score (nSPS) is 36.4. The molecule has 0 radical (unpaired) electrons. The van der Waals surface area contributed by atoms with Crippen molar-refractivity contribution in [3.63, 3.8) is 0 Å². The van der Waals surface area contributed by atoms with E-state index in [1.54, 1.807) is 0 Å². The predicted octanol–water partition coefficient (Wildman–Crippen LogP) is 1.08. The zero-order valence-corrected chi connectivity index (χ0v) is 8.63. The molecule has 1 unspecified atom stereocenters. The summed E-state index contributed by atoms with van der Waals surface area (Å²) < 4.78 is 11.1.